The summed E-state index contributed by atoms with van der Waals surface area (Å²) in [5.41, 5.74) is 1.42. The van der Waals surface area contributed by atoms with E-state index in [1.165, 1.54) is 17.8 Å². The molecule has 3 rings (SSSR count). The smallest absolute Gasteiger partial charge is 0.260 e. The van der Waals surface area contributed by atoms with Crippen LogP contribution in [0.2, 0.25) is 0 Å². The van der Waals surface area contributed by atoms with Gasteiger partial charge in [-0.25, -0.2) is 9.97 Å². The lowest BCUT2D eigenvalue weighted by Crippen LogP contribution is -2.21. The summed E-state index contributed by atoms with van der Waals surface area (Å²) in [5, 5.41) is 3.40. The van der Waals surface area contributed by atoms with E-state index in [4.69, 9.17) is 4.42 Å². The number of nitrogens with zero attached hydrogens (tertiary/aromatic N) is 3. The summed E-state index contributed by atoms with van der Waals surface area (Å²) in [6.45, 7) is 4.35. The summed E-state index contributed by atoms with van der Waals surface area (Å²) >= 11 is 1.36. The van der Waals surface area contributed by atoms with E-state index in [2.05, 4.69) is 15.3 Å². The van der Waals surface area contributed by atoms with Gasteiger partial charge >= 0.3 is 0 Å². The first-order chi connectivity index (χ1) is 13.0. The largest absolute Gasteiger partial charge is 0.461 e. The molecule has 0 fully saturated rings. The monoisotopic (exact) mass is 384 g/mol. The predicted octanol–water partition coefficient (Wildman–Crippen LogP) is 3.59. The Morgan fingerprint density at radius 1 is 1.30 bits per heavy atom. The number of pyridine rings is 1. The molecule has 0 atom stereocenters. The van der Waals surface area contributed by atoms with Gasteiger partial charge in [0.05, 0.1) is 23.2 Å². The Morgan fingerprint density at radius 2 is 2.11 bits per heavy atom. The zero-order valence-corrected chi connectivity index (χ0v) is 16.2. The Labute approximate surface area is 160 Å². The molecule has 3 aromatic rings. The molecule has 27 heavy (non-hydrogen) atoms. The molecule has 8 heteroatoms. The number of amides is 1. The molecule has 0 aromatic carbocycles. The molecule has 0 spiro atoms. The van der Waals surface area contributed by atoms with Gasteiger partial charge in [0, 0.05) is 18.8 Å². The average molecular weight is 384 g/mol. The number of hydrogen-bond acceptors (Lipinski definition) is 6. The number of carbonyl (C=O) groups excluding carboxylic acids is 1. The molecule has 0 saturated heterocycles. The molecule has 1 amide bonds. The fourth-order valence-corrected chi connectivity index (χ4v) is 3.31. The second-order valence-electron chi connectivity index (χ2n) is 5.90. The van der Waals surface area contributed by atoms with Gasteiger partial charge in [-0.15, -0.1) is 11.8 Å². The second kappa shape index (κ2) is 8.22. The first-order valence-electron chi connectivity index (χ1n) is 8.51. The van der Waals surface area contributed by atoms with E-state index in [0.29, 0.717) is 40.1 Å². The van der Waals surface area contributed by atoms with Crippen LogP contribution in [0.5, 0.6) is 0 Å². The van der Waals surface area contributed by atoms with Crippen LogP contribution in [0.4, 0.5) is 5.69 Å². The van der Waals surface area contributed by atoms with Gasteiger partial charge in [-0.05, 0) is 37.8 Å². The van der Waals surface area contributed by atoms with Gasteiger partial charge in [0.1, 0.15) is 5.03 Å². The molecule has 0 saturated carbocycles. The van der Waals surface area contributed by atoms with Crippen LogP contribution in [0.3, 0.4) is 0 Å². The van der Waals surface area contributed by atoms with Crippen molar-refractivity contribution in [2.24, 2.45) is 0 Å². The number of aryl methyl sites for hydroxylation is 2. The van der Waals surface area contributed by atoms with Crippen molar-refractivity contribution in [1.82, 2.24) is 14.5 Å². The SMILES string of the molecule is CCCn1cc(NC(=O)c2c(C)nc(-c3ccco3)nc2SC)ccc1=O. The van der Waals surface area contributed by atoms with Crippen LogP contribution >= 0.6 is 11.8 Å². The third-order valence-electron chi connectivity index (χ3n) is 3.92. The fourth-order valence-electron chi connectivity index (χ4n) is 2.69. The van der Waals surface area contributed by atoms with Crippen molar-refractivity contribution in [3.63, 3.8) is 0 Å². The molecular weight excluding hydrogens is 364 g/mol. The van der Waals surface area contributed by atoms with E-state index in [0.717, 1.165) is 6.42 Å². The lowest BCUT2D eigenvalue weighted by atomic mass is 10.2. The van der Waals surface area contributed by atoms with Gasteiger partial charge in [0.15, 0.2) is 11.6 Å². The van der Waals surface area contributed by atoms with Crippen molar-refractivity contribution in [3.8, 4) is 11.6 Å². The lowest BCUT2D eigenvalue weighted by molar-refractivity contribution is 0.102. The normalized spacial score (nSPS) is 10.8. The van der Waals surface area contributed by atoms with Gasteiger partial charge in [-0.3, -0.25) is 9.59 Å². The summed E-state index contributed by atoms with van der Waals surface area (Å²) in [5.74, 6) is 0.673. The highest BCUT2D eigenvalue weighted by molar-refractivity contribution is 7.98. The fraction of sp³-hybridized carbons (Fsp3) is 0.263. The minimum atomic E-state index is -0.315. The molecule has 0 aliphatic heterocycles. The molecular formula is C19H20N4O3S. The summed E-state index contributed by atoms with van der Waals surface area (Å²) in [7, 11) is 0. The van der Waals surface area contributed by atoms with E-state index < -0.39 is 0 Å². The zero-order chi connectivity index (χ0) is 19.4. The van der Waals surface area contributed by atoms with Gasteiger partial charge in [-0.1, -0.05) is 6.92 Å². The van der Waals surface area contributed by atoms with Crippen LogP contribution in [-0.2, 0) is 6.54 Å². The van der Waals surface area contributed by atoms with Gasteiger partial charge in [0.25, 0.3) is 11.5 Å². The Kier molecular flexibility index (Phi) is 5.75. The number of hydrogen-bond donors (Lipinski definition) is 1. The van der Waals surface area contributed by atoms with E-state index >= 15 is 0 Å². The Hall–Kier alpha value is -2.87. The highest BCUT2D eigenvalue weighted by Crippen LogP contribution is 2.25. The molecule has 0 radical (unpaired) electrons. The van der Waals surface area contributed by atoms with Crippen molar-refractivity contribution in [2.75, 3.05) is 11.6 Å². The third kappa shape index (κ3) is 4.11. The number of furan rings is 1. The van der Waals surface area contributed by atoms with Gasteiger partial charge < -0.3 is 14.3 Å². The molecule has 3 aromatic heterocycles. The van der Waals surface area contributed by atoms with Gasteiger partial charge in [0.2, 0.25) is 0 Å². The quantitative estimate of drug-likeness (QED) is 0.516. The number of anilines is 1. The zero-order valence-electron chi connectivity index (χ0n) is 15.4. The highest BCUT2D eigenvalue weighted by Gasteiger charge is 2.20. The third-order valence-corrected chi connectivity index (χ3v) is 4.61. The molecule has 1 N–H and O–H groups in total. The lowest BCUT2D eigenvalue weighted by Gasteiger charge is -2.12. The van der Waals surface area contributed by atoms with Crippen molar-refractivity contribution >= 4 is 23.4 Å². The Bertz CT molecular complexity index is 1010. The standard InChI is InChI=1S/C19H20N4O3S/c1-4-9-23-11-13(7-8-15(23)24)21-18(25)16-12(2)20-17(22-19(16)27-3)14-6-5-10-26-14/h5-8,10-11H,4,9H2,1-3H3,(H,21,25). The first-order valence-corrected chi connectivity index (χ1v) is 9.74. The van der Waals surface area contributed by atoms with Crippen LogP contribution in [0.1, 0.15) is 29.4 Å². The van der Waals surface area contributed by atoms with E-state index in [9.17, 15) is 9.59 Å². The number of carbonyl (C=O) groups is 1. The second-order valence-corrected chi connectivity index (χ2v) is 6.69. The molecule has 0 bridgehead atoms. The van der Waals surface area contributed by atoms with Crippen molar-refractivity contribution in [1.29, 1.82) is 0 Å². The minimum absolute atomic E-state index is 0.0954. The predicted molar refractivity (Wildman–Crippen MR) is 105 cm³/mol. The van der Waals surface area contributed by atoms with Crippen LogP contribution in [0.15, 0.2) is 51.0 Å². The minimum Gasteiger partial charge on any atom is -0.461 e. The number of nitrogens with one attached hydrogen (secondary N) is 1. The summed E-state index contributed by atoms with van der Waals surface area (Å²) in [4.78, 5) is 33.6. The maximum atomic E-state index is 12.9. The Morgan fingerprint density at radius 3 is 2.78 bits per heavy atom. The highest BCUT2D eigenvalue weighted by atomic mass is 32.2. The van der Waals surface area contributed by atoms with Crippen molar-refractivity contribution in [3.05, 3.63) is 58.3 Å². The van der Waals surface area contributed by atoms with E-state index in [1.54, 1.807) is 42.1 Å². The summed E-state index contributed by atoms with van der Waals surface area (Å²) in [6, 6.07) is 6.58. The topological polar surface area (TPSA) is 90.0 Å². The number of thioether (sulfide) groups is 1. The van der Waals surface area contributed by atoms with E-state index in [-0.39, 0.29) is 11.5 Å². The first kappa shape index (κ1) is 18.9. The summed E-state index contributed by atoms with van der Waals surface area (Å²) < 4.78 is 6.93. The van der Waals surface area contributed by atoms with Gasteiger partial charge in [-0.2, -0.15) is 0 Å². The van der Waals surface area contributed by atoms with Crippen LogP contribution in [0, 0.1) is 6.92 Å². The number of rotatable bonds is 6. The summed E-state index contributed by atoms with van der Waals surface area (Å²) in [6.07, 6.45) is 5.88. The van der Waals surface area contributed by atoms with Crippen molar-refractivity contribution in [2.45, 2.75) is 31.8 Å². The number of aromatic nitrogens is 3. The van der Waals surface area contributed by atoms with Crippen LogP contribution in [-0.4, -0.2) is 26.7 Å². The van der Waals surface area contributed by atoms with Crippen LogP contribution in [0.25, 0.3) is 11.6 Å². The van der Waals surface area contributed by atoms with Crippen molar-refractivity contribution < 1.29 is 9.21 Å². The molecule has 0 aliphatic rings. The maximum absolute atomic E-state index is 12.9. The molecule has 140 valence electrons. The molecule has 3 heterocycles. The molecule has 0 aliphatic carbocycles. The Balaban J connectivity index is 1.93. The van der Waals surface area contributed by atoms with Crippen LogP contribution < -0.4 is 10.9 Å². The molecule has 0 unspecified atom stereocenters. The maximum Gasteiger partial charge on any atom is 0.260 e. The van der Waals surface area contributed by atoms with E-state index in [1.807, 2.05) is 13.2 Å². The average Bonchev–Trinajstić information content (AvgIpc) is 3.18. The molecule has 7 nitrogen and oxygen atoms in total.